The Morgan fingerprint density at radius 2 is 2.25 bits per heavy atom. The first-order chi connectivity index (χ1) is 7.68. The second-order valence-corrected chi connectivity index (χ2v) is 5.41. The zero-order chi connectivity index (χ0) is 11.2. The van der Waals surface area contributed by atoms with Gasteiger partial charge in [0.2, 0.25) is 0 Å². The van der Waals surface area contributed by atoms with Crippen molar-refractivity contribution in [2.45, 2.75) is 31.4 Å². The number of aromatic nitrogens is 1. The summed E-state index contributed by atoms with van der Waals surface area (Å²) in [5.74, 6) is 0. The Kier molecular flexibility index (Phi) is 2.16. The van der Waals surface area contributed by atoms with Crippen molar-refractivity contribution in [1.29, 1.82) is 0 Å². The van der Waals surface area contributed by atoms with Gasteiger partial charge in [0, 0.05) is 12.7 Å². The summed E-state index contributed by atoms with van der Waals surface area (Å²) < 4.78 is 2.51. The highest BCUT2D eigenvalue weighted by atomic mass is 32.1. The first-order valence-electron chi connectivity index (χ1n) is 5.47. The quantitative estimate of drug-likeness (QED) is 0.884. The number of nitrogens with zero attached hydrogens (tertiary/aromatic N) is 1. The van der Waals surface area contributed by atoms with Crippen LogP contribution >= 0.6 is 11.3 Å². The fourth-order valence-electron chi connectivity index (χ4n) is 1.89. The topological polar surface area (TPSA) is 42.2 Å². The van der Waals surface area contributed by atoms with Crippen LogP contribution in [0.15, 0.2) is 28.5 Å². The van der Waals surface area contributed by atoms with Crippen molar-refractivity contribution in [3.05, 3.63) is 34.1 Å². The Labute approximate surface area is 97.0 Å². The summed E-state index contributed by atoms with van der Waals surface area (Å²) in [4.78, 5) is 12.0. The normalized spacial score (nSPS) is 17.8. The minimum atomic E-state index is -0.482. The molecule has 0 aliphatic heterocycles. The van der Waals surface area contributed by atoms with Crippen LogP contribution in [0, 0.1) is 0 Å². The largest absolute Gasteiger partial charge is 0.390 e. The molecular weight excluding hydrogens is 222 g/mol. The van der Waals surface area contributed by atoms with E-state index in [2.05, 4.69) is 0 Å². The van der Waals surface area contributed by atoms with E-state index in [4.69, 9.17) is 0 Å². The molecule has 0 aromatic carbocycles. The van der Waals surface area contributed by atoms with Crippen LogP contribution in [-0.4, -0.2) is 15.3 Å². The highest BCUT2D eigenvalue weighted by molar-refractivity contribution is 7.17. The lowest BCUT2D eigenvalue weighted by atomic mass is 10.2. The molecule has 0 spiro atoms. The Morgan fingerprint density at radius 3 is 3.00 bits per heavy atom. The third kappa shape index (κ3) is 1.68. The predicted octanol–water partition coefficient (Wildman–Crippen LogP) is 1.98. The molecular formula is C12H13NO2S. The summed E-state index contributed by atoms with van der Waals surface area (Å²) in [7, 11) is 0. The van der Waals surface area contributed by atoms with E-state index in [0.29, 0.717) is 13.0 Å². The number of hydrogen-bond acceptors (Lipinski definition) is 3. The molecule has 1 fully saturated rings. The monoisotopic (exact) mass is 235 g/mol. The molecule has 0 bridgehead atoms. The van der Waals surface area contributed by atoms with Gasteiger partial charge in [-0.15, -0.1) is 11.3 Å². The number of aliphatic hydroxyl groups is 1. The summed E-state index contributed by atoms with van der Waals surface area (Å²) in [5.41, 5.74) is -0.416. The first-order valence-corrected chi connectivity index (χ1v) is 6.35. The maximum atomic E-state index is 12.0. The van der Waals surface area contributed by atoms with E-state index >= 15 is 0 Å². The Balaban J connectivity index is 1.91. The second kappa shape index (κ2) is 3.43. The molecule has 1 saturated carbocycles. The van der Waals surface area contributed by atoms with Gasteiger partial charge in [-0.05, 0) is 42.2 Å². The fraction of sp³-hybridized carbons (Fsp3) is 0.417. The van der Waals surface area contributed by atoms with Crippen molar-refractivity contribution >= 4 is 21.4 Å². The maximum Gasteiger partial charge on any atom is 0.268 e. The molecule has 0 amide bonds. The summed E-state index contributed by atoms with van der Waals surface area (Å²) in [6, 6.07) is 3.92. The van der Waals surface area contributed by atoms with Gasteiger partial charge < -0.3 is 9.67 Å². The van der Waals surface area contributed by atoms with Crippen LogP contribution in [-0.2, 0) is 6.54 Å². The van der Waals surface area contributed by atoms with Crippen molar-refractivity contribution < 1.29 is 5.11 Å². The zero-order valence-corrected chi connectivity index (χ0v) is 9.67. The summed E-state index contributed by atoms with van der Waals surface area (Å²) in [6.45, 7) is 0.614. The highest BCUT2D eigenvalue weighted by Gasteiger charge is 2.39. The van der Waals surface area contributed by atoms with E-state index < -0.39 is 5.60 Å². The van der Waals surface area contributed by atoms with Gasteiger partial charge in [-0.1, -0.05) is 0 Å². The van der Waals surface area contributed by atoms with Crippen LogP contribution in [0.5, 0.6) is 0 Å². The van der Waals surface area contributed by atoms with E-state index in [1.807, 2.05) is 23.7 Å². The zero-order valence-electron chi connectivity index (χ0n) is 8.85. The fourth-order valence-corrected chi connectivity index (χ4v) is 2.73. The molecule has 1 aliphatic carbocycles. The van der Waals surface area contributed by atoms with Crippen molar-refractivity contribution in [3.63, 3.8) is 0 Å². The molecule has 2 heterocycles. The molecule has 2 aromatic rings. The number of rotatable bonds is 3. The Hall–Kier alpha value is -1.13. The third-order valence-corrected chi connectivity index (χ3v) is 4.15. The van der Waals surface area contributed by atoms with E-state index in [9.17, 15) is 9.90 Å². The van der Waals surface area contributed by atoms with Gasteiger partial charge in [0.25, 0.3) is 5.56 Å². The Bertz CT molecular complexity index is 580. The molecule has 4 heteroatoms. The molecule has 1 N–H and O–H groups in total. The van der Waals surface area contributed by atoms with Gasteiger partial charge in [0.05, 0.1) is 10.3 Å². The lowest BCUT2D eigenvalue weighted by Crippen LogP contribution is -2.21. The lowest BCUT2D eigenvalue weighted by Gasteiger charge is -2.09. The van der Waals surface area contributed by atoms with Crippen molar-refractivity contribution in [2.75, 3.05) is 0 Å². The summed E-state index contributed by atoms with van der Waals surface area (Å²) in [6.07, 6.45) is 4.26. The number of aryl methyl sites for hydroxylation is 1. The molecule has 1 aliphatic rings. The van der Waals surface area contributed by atoms with Gasteiger partial charge in [-0.2, -0.15) is 0 Å². The predicted molar refractivity (Wildman–Crippen MR) is 64.9 cm³/mol. The minimum Gasteiger partial charge on any atom is -0.390 e. The van der Waals surface area contributed by atoms with Crippen LogP contribution in [0.2, 0.25) is 0 Å². The number of hydrogen-bond donors (Lipinski definition) is 1. The number of thiophene rings is 1. The van der Waals surface area contributed by atoms with Gasteiger partial charge in [0.1, 0.15) is 0 Å². The van der Waals surface area contributed by atoms with E-state index in [1.54, 1.807) is 4.57 Å². The molecule has 84 valence electrons. The highest BCUT2D eigenvalue weighted by Crippen LogP contribution is 2.38. The molecule has 2 aromatic heterocycles. The molecule has 0 saturated heterocycles. The van der Waals surface area contributed by atoms with Crippen molar-refractivity contribution in [3.8, 4) is 0 Å². The molecule has 0 unspecified atom stereocenters. The summed E-state index contributed by atoms with van der Waals surface area (Å²) in [5, 5.41) is 12.7. The molecule has 3 nitrogen and oxygen atoms in total. The molecule has 0 radical (unpaired) electrons. The van der Waals surface area contributed by atoms with E-state index in [-0.39, 0.29) is 5.56 Å². The average molecular weight is 235 g/mol. The van der Waals surface area contributed by atoms with Gasteiger partial charge in [0.15, 0.2) is 0 Å². The SMILES string of the molecule is O=c1c2sccc2ccn1CCC1(O)CC1. The third-order valence-electron chi connectivity index (χ3n) is 3.23. The average Bonchev–Trinajstić information content (AvgIpc) is 2.81. The first kappa shape index (κ1) is 10.1. The van der Waals surface area contributed by atoms with Crippen LogP contribution in [0.25, 0.3) is 10.1 Å². The van der Waals surface area contributed by atoms with Crippen LogP contribution in [0.3, 0.4) is 0 Å². The van der Waals surface area contributed by atoms with Gasteiger partial charge in [-0.25, -0.2) is 0 Å². The van der Waals surface area contributed by atoms with Gasteiger partial charge in [-0.3, -0.25) is 4.79 Å². The second-order valence-electron chi connectivity index (χ2n) is 4.49. The maximum absolute atomic E-state index is 12.0. The van der Waals surface area contributed by atoms with Crippen molar-refractivity contribution in [2.24, 2.45) is 0 Å². The molecule has 16 heavy (non-hydrogen) atoms. The minimum absolute atomic E-state index is 0.0664. The van der Waals surface area contributed by atoms with E-state index in [1.165, 1.54) is 11.3 Å². The molecule has 0 atom stereocenters. The van der Waals surface area contributed by atoms with Crippen molar-refractivity contribution in [1.82, 2.24) is 4.57 Å². The smallest absolute Gasteiger partial charge is 0.268 e. The standard InChI is InChI=1S/C12H13NO2S/c14-11-10-9(2-8-16-10)1-6-13(11)7-5-12(15)3-4-12/h1-2,6,8,15H,3-5,7H2. The van der Waals surface area contributed by atoms with Crippen LogP contribution < -0.4 is 5.56 Å². The van der Waals surface area contributed by atoms with Crippen LogP contribution in [0.1, 0.15) is 19.3 Å². The van der Waals surface area contributed by atoms with E-state index in [0.717, 1.165) is 22.9 Å². The van der Waals surface area contributed by atoms with Gasteiger partial charge >= 0.3 is 0 Å². The summed E-state index contributed by atoms with van der Waals surface area (Å²) >= 11 is 1.48. The lowest BCUT2D eigenvalue weighted by molar-refractivity contribution is 0.134. The number of fused-ring (bicyclic) bond motifs is 1. The Morgan fingerprint density at radius 1 is 1.44 bits per heavy atom. The molecule has 3 rings (SSSR count). The van der Waals surface area contributed by atoms with Crippen LogP contribution in [0.4, 0.5) is 0 Å². The number of pyridine rings is 1.